The molecule has 1 aromatic carbocycles. The Morgan fingerprint density at radius 2 is 2.19 bits per heavy atom. The number of nitriles is 1. The molecule has 1 amide bonds. The molecule has 1 aliphatic carbocycles. The summed E-state index contributed by atoms with van der Waals surface area (Å²) in [5.74, 6) is 0.679. The molecule has 26 heavy (non-hydrogen) atoms. The molecule has 1 aromatic heterocycles. The zero-order valence-corrected chi connectivity index (χ0v) is 15.4. The Kier molecular flexibility index (Phi) is 5.89. The molecule has 1 unspecified atom stereocenters. The van der Waals surface area contributed by atoms with Gasteiger partial charge >= 0.3 is 0 Å². The average Bonchev–Trinajstić information content (AvgIpc) is 2.63. The summed E-state index contributed by atoms with van der Waals surface area (Å²) in [6.07, 6.45) is 3.33. The summed E-state index contributed by atoms with van der Waals surface area (Å²) >= 11 is 1.43. The minimum atomic E-state index is -0.338. The Balaban J connectivity index is 1.58. The van der Waals surface area contributed by atoms with E-state index in [1.54, 1.807) is 0 Å². The minimum Gasteiger partial charge on any atom is -0.326 e. The lowest BCUT2D eigenvalue weighted by Gasteiger charge is -2.21. The molecule has 0 spiro atoms. The Morgan fingerprint density at radius 1 is 1.42 bits per heavy atom. The zero-order valence-electron chi connectivity index (χ0n) is 14.6. The molecule has 1 aliphatic rings. The lowest BCUT2D eigenvalue weighted by Crippen LogP contribution is -2.14. The molecule has 3 rings (SSSR count). The van der Waals surface area contributed by atoms with E-state index in [-0.39, 0.29) is 11.7 Å². The van der Waals surface area contributed by atoms with Crippen molar-refractivity contribution in [3.8, 4) is 6.07 Å². The van der Waals surface area contributed by atoms with Gasteiger partial charge in [-0.05, 0) is 61.1 Å². The van der Waals surface area contributed by atoms with Gasteiger partial charge in [0.2, 0.25) is 5.91 Å². The third kappa shape index (κ3) is 4.61. The first kappa shape index (κ1) is 18.4. The van der Waals surface area contributed by atoms with E-state index in [0.29, 0.717) is 34.4 Å². The molecule has 6 heteroatoms. The summed E-state index contributed by atoms with van der Waals surface area (Å²) in [5, 5.41) is 12.8. The number of carbonyl (C=O) groups is 1. The third-order valence-electron chi connectivity index (χ3n) is 4.41. The monoisotopic (exact) mass is 369 g/mol. The van der Waals surface area contributed by atoms with Gasteiger partial charge in [0.05, 0.1) is 5.56 Å². The fraction of sp³-hybridized carbons (Fsp3) is 0.350. The van der Waals surface area contributed by atoms with E-state index < -0.39 is 0 Å². The summed E-state index contributed by atoms with van der Waals surface area (Å²) in [6.45, 7) is 2.22. The first-order valence-corrected chi connectivity index (χ1v) is 9.65. The summed E-state index contributed by atoms with van der Waals surface area (Å²) in [6, 6.07) is 9.85. The van der Waals surface area contributed by atoms with Crippen molar-refractivity contribution in [2.45, 2.75) is 37.6 Å². The van der Waals surface area contributed by atoms with Crippen LogP contribution >= 0.6 is 11.8 Å². The van der Waals surface area contributed by atoms with Crippen molar-refractivity contribution < 1.29 is 9.18 Å². The van der Waals surface area contributed by atoms with Gasteiger partial charge in [-0.2, -0.15) is 5.26 Å². The van der Waals surface area contributed by atoms with Gasteiger partial charge in [0, 0.05) is 23.6 Å². The van der Waals surface area contributed by atoms with Crippen LogP contribution in [0.1, 0.15) is 36.6 Å². The number of fused-ring (bicyclic) bond motifs is 1. The number of aromatic nitrogens is 1. The van der Waals surface area contributed by atoms with Crippen LogP contribution in [0.15, 0.2) is 35.4 Å². The minimum absolute atomic E-state index is 0.144. The van der Waals surface area contributed by atoms with Crippen molar-refractivity contribution in [2.75, 3.05) is 11.1 Å². The molecule has 0 saturated heterocycles. The first-order valence-electron chi connectivity index (χ1n) is 8.66. The highest BCUT2D eigenvalue weighted by atomic mass is 32.2. The lowest BCUT2D eigenvalue weighted by molar-refractivity contribution is -0.115. The second-order valence-corrected chi connectivity index (χ2v) is 7.64. The standard InChI is InChI=1S/C20H20FN3OS/c1-13-2-7-18-14(10-13)11-15(12-22)20(24-18)26-9-8-19(25)23-17-5-3-16(21)4-6-17/h3-6,11,13H,2,7-10H2,1H3,(H,23,25). The third-order valence-corrected chi connectivity index (χ3v) is 5.41. The number of pyridine rings is 1. The molecule has 0 radical (unpaired) electrons. The number of aryl methyl sites for hydroxylation is 1. The predicted molar refractivity (Wildman–Crippen MR) is 101 cm³/mol. The zero-order chi connectivity index (χ0) is 18.5. The first-order chi connectivity index (χ1) is 12.5. The molecular weight excluding hydrogens is 349 g/mol. The molecule has 134 valence electrons. The molecule has 0 aliphatic heterocycles. The van der Waals surface area contributed by atoms with Gasteiger partial charge in [-0.1, -0.05) is 6.92 Å². The SMILES string of the molecule is CC1CCc2nc(SCCC(=O)Nc3ccc(F)cc3)c(C#N)cc2C1. The van der Waals surface area contributed by atoms with Crippen LogP contribution in [0.5, 0.6) is 0 Å². The van der Waals surface area contributed by atoms with Crippen molar-refractivity contribution >= 4 is 23.4 Å². The van der Waals surface area contributed by atoms with Crippen LogP contribution < -0.4 is 5.32 Å². The number of anilines is 1. The molecule has 1 atom stereocenters. The van der Waals surface area contributed by atoms with Crippen molar-refractivity contribution in [2.24, 2.45) is 5.92 Å². The number of benzene rings is 1. The van der Waals surface area contributed by atoms with Gasteiger partial charge in [0.1, 0.15) is 16.9 Å². The van der Waals surface area contributed by atoms with Gasteiger partial charge in [0.15, 0.2) is 0 Å². The Labute approximate surface area is 156 Å². The molecule has 1 heterocycles. The van der Waals surface area contributed by atoms with E-state index in [2.05, 4.69) is 23.3 Å². The fourth-order valence-corrected chi connectivity index (χ4v) is 3.93. The highest BCUT2D eigenvalue weighted by molar-refractivity contribution is 7.99. The normalized spacial score (nSPS) is 15.8. The van der Waals surface area contributed by atoms with Crippen LogP contribution in [-0.4, -0.2) is 16.6 Å². The number of halogens is 1. The van der Waals surface area contributed by atoms with Gasteiger partial charge < -0.3 is 5.32 Å². The second kappa shape index (κ2) is 8.33. The maximum absolute atomic E-state index is 12.9. The number of nitrogens with zero attached hydrogens (tertiary/aromatic N) is 2. The number of rotatable bonds is 5. The van der Waals surface area contributed by atoms with Crippen LogP contribution in [0, 0.1) is 23.1 Å². The molecule has 0 fully saturated rings. The average molecular weight is 369 g/mol. The number of thioether (sulfide) groups is 1. The molecule has 4 nitrogen and oxygen atoms in total. The lowest BCUT2D eigenvalue weighted by atomic mass is 9.87. The van der Waals surface area contributed by atoms with E-state index >= 15 is 0 Å². The number of nitrogens with one attached hydrogen (secondary N) is 1. The number of amides is 1. The van der Waals surface area contributed by atoms with E-state index in [4.69, 9.17) is 0 Å². The molecular formula is C20H20FN3OS. The smallest absolute Gasteiger partial charge is 0.225 e. The molecule has 2 aromatic rings. The highest BCUT2D eigenvalue weighted by Crippen LogP contribution is 2.29. The number of hydrogen-bond acceptors (Lipinski definition) is 4. The van der Waals surface area contributed by atoms with Gasteiger partial charge in [0.25, 0.3) is 0 Å². The van der Waals surface area contributed by atoms with E-state index in [0.717, 1.165) is 25.0 Å². The predicted octanol–water partition coefficient (Wildman–Crippen LogP) is 4.34. The Hall–Kier alpha value is -2.39. The Bertz CT molecular complexity index is 845. The summed E-state index contributed by atoms with van der Waals surface area (Å²) in [5.41, 5.74) is 3.42. The van der Waals surface area contributed by atoms with Crippen molar-refractivity contribution in [3.05, 3.63) is 53.0 Å². The van der Waals surface area contributed by atoms with Gasteiger partial charge in [-0.3, -0.25) is 4.79 Å². The summed E-state index contributed by atoms with van der Waals surface area (Å²) in [4.78, 5) is 16.7. The van der Waals surface area contributed by atoms with Crippen LogP contribution in [0.2, 0.25) is 0 Å². The molecule has 1 N–H and O–H groups in total. The molecule has 0 bridgehead atoms. The maximum Gasteiger partial charge on any atom is 0.225 e. The van der Waals surface area contributed by atoms with E-state index in [1.807, 2.05) is 6.07 Å². The number of carbonyl (C=O) groups excluding carboxylic acids is 1. The quantitative estimate of drug-likeness (QED) is 0.796. The van der Waals surface area contributed by atoms with Crippen LogP contribution in [-0.2, 0) is 17.6 Å². The summed E-state index contributed by atoms with van der Waals surface area (Å²) in [7, 11) is 0. The highest BCUT2D eigenvalue weighted by Gasteiger charge is 2.19. The number of hydrogen-bond donors (Lipinski definition) is 1. The van der Waals surface area contributed by atoms with Crippen LogP contribution in [0.25, 0.3) is 0 Å². The van der Waals surface area contributed by atoms with E-state index in [1.165, 1.54) is 41.6 Å². The van der Waals surface area contributed by atoms with Gasteiger partial charge in [-0.15, -0.1) is 11.8 Å². The Morgan fingerprint density at radius 3 is 2.92 bits per heavy atom. The second-order valence-electron chi connectivity index (χ2n) is 6.56. The maximum atomic E-state index is 12.9. The van der Waals surface area contributed by atoms with Crippen LogP contribution in [0.3, 0.4) is 0 Å². The molecule has 0 saturated carbocycles. The summed E-state index contributed by atoms with van der Waals surface area (Å²) < 4.78 is 12.9. The fourth-order valence-electron chi connectivity index (χ4n) is 3.01. The van der Waals surface area contributed by atoms with Crippen molar-refractivity contribution in [1.29, 1.82) is 5.26 Å². The van der Waals surface area contributed by atoms with E-state index in [9.17, 15) is 14.4 Å². The van der Waals surface area contributed by atoms with Gasteiger partial charge in [-0.25, -0.2) is 9.37 Å². The van der Waals surface area contributed by atoms with Crippen LogP contribution in [0.4, 0.5) is 10.1 Å². The topological polar surface area (TPSA) is 65.8 Å². The largest absolute Gasteiger partial charge is 0.326 e. The van der Waals surface area contributed by atoms with Crippen molar-refractivity contribution in [3.63, 3.8) is 0 Å². The van der Waals surface area contributed by atoms with Crippen molar-refractivity contribution in [1.82, 2.24) is 4.98 Å².